The molecule has 2 aliphatic rings. The summed E-state index contributed by atoms with van der Waals surface area (Å²) in [5.74, 6) is 0.223. The molecule has 0 unspecified atom stereocenters. The second-order valence-electron chi connectivity index (χ2n) is 3.92. The zero-order valence-corrected chi connectivity index (χ0v) is 8.28. The van der Waals surface area contributed by atoms with E-state index in [0.29, 0.717) is 12.8 Å². The van der Waals surface area contributed by atoms with Crippen molar-refractivity contribution < 1.29 is 9.59 Å². The maximum absolute atomic E-state index is 11.2. The summed E-state index contributed by atoms with van der Waals surface area (Å²) in [6, 6.07) is 0. The summed E-state index contributed by atoms with van der Waals surface area (Å²) in [6.07, 6.45) is 3.39. The van der Waals surface area contributed by atoms with Crippen molar-refractivity contribution >= 4 is 24.0 Å². The van der Waals surface area contributed by atoms with Crippen LogP contribution in [0.5, 0.6) is 0 Å². The van der Waals surface area contributed by atoms with E-state index < -0.39 is 0 Å². The summed E-state index contributed by atoms with van der Waals surface area (Å²) in [7, 11) is 0. The number of rotatable bonds is 0. The van der Waals surface area contributed by atoms with Crippen LogP contribution in [-0.2, 0) is 9.59 Å². The average molecular weight is 204 g/mol. The molecule has 1 saturated heterocycles. The van der Waals surface area contributed by atoms with Gasteiger partial charge in [-0.05, 0) is 19.4 Å². The quantitative estimate of drug-likeness (QED) is 0.594. The van der Waals surface area contributed by atoms with E-state index in [4.69, 9.17) is 0 Å². The van der Waals surface area contributed by atoms with Crippen LogP contribution in [-0.4, -0.2) is 23.7 Å². The van der Waals surface area contributed by atoms with Crippen LogP contribution in [0.2, 0.25) is 0 Å². The molecule has 0 amide bonds. The Balaban J connectivity index is 0.000000845. The number of ketones is 2. The van der Waals surface area contributed by atoms with E-state index >= 15 is 0 Å². The largest absolute Gasteiger partial charge is 0.310 e. The molecule has 0 atom stereocenters. The Labute approximate surface area is 83.7 Å². The first-order chi connectivity index (χ1) is 5.70. The molecule has 1 aliphatic heterocycles. The molecule has 74 valence electrons. The zero-order chi connectivity index (χ0) is 8.60. The molecule has 0 bridgehead atoms. The Hall–Kier alpha value is -0.410. The molecular weight excluding hydrogens is 190 g/mol. The number of nitrogens with one attached hydrogen (secondary N) is 1. The van der Waals surface area contributed by atoms with Crippen LogP contribution in [0.4, 0.5) is 0 Å². The molecule has 0 radical (unpaired) electrons. The Morgan fingerprint density at radius 3 is 2.23 bits per heavy atom. The molecule has 2 fully saturated rings. The summed E-state index contributed by atoms with van der Waals surface area (Å²) in [5, 5.41) is 3.29. The number of carbonyl (C=O) groups excluding carboxylic acids is 2. The lowest BCUT2D eigenvalue weighted by Crippen LogP contribution is -2.47. The van der Waals surface area contributed by atoms with Gasteiger partial charge >= 0.3 is 0 Å². The minimum atomic E-state index is -0.133. The third-order valence-electron chi connectivity index (χ3n) is 2.80. The van der Waals surface area contributed by atoms with E-state index in [0.717, 1.165) is 19.4 Å². The van der Waals surface area contributed by atoms with Crippen molar-refractivity contribution in [3.05, 3.63) is 0 Å². The van der Waals surface area contributed by atoms with Gasteiger partial charge < -0.3 is 5.32 Å². The Morgan fingerprint density at radius 1 is 1.15 bits per heavy atom. The van der Waals surface area contributed by atoms with E-state index in [1.54, 1.807) is 0 Å². The summed E-state index contributed by atoms with van der Waals surface area (Å²) in [6.45, 7) is 0.959. The molecule has 1 heterocycles. The van der Waals surface area contributed by atoms with Gasteiger partial charge in [0.25, 0.3) is 0 Å². The standard InChI is InChI=1S/C9H13NO2.ClH/c11-7-4-8(12)6-9(5-7)2-1-3-10-9;/h10H,1-6H2;1H. The monoisotopic (exact) mass is 203 g/mol. The van der Waals surface area contributed by atoms with E-state index in [1.165, 1.54) is 0 Å². The van der Waals surface area contributed by atoms with Gasteiger partial charge in [-0.1, -0.05) is 0 Å². The lowest BCUT2D eigenvalue weighted by molar-refractivity contribution is -0.132. The van der Waals surface area contributed by atoms with Crippen LogP contribution in [0.15, 0.2) is 0 Å². The van der Waals surface area contributed by atoms with E-state index in [9.17, 15) is 9.59 Å². The molecule has 4 heteroatoms. The topological polar surface area (TPSA) is 46.2 Å². The number of halogens is 1. The zero-order valence-electron chi connectivity index (χ0n) is 7.47. The summed E-state index contributed by atoms with van der Waals surface area (Å²) < 4.78 is 0. The lowest BCUT2D eigenvalue weighted by atomic mass is 9.79. The van der Waals surface area contributed by atoms with Gasteiger partial charge in [-0.3, -0.25) is 9.59 Å². The van der Waals surface area contributed by atoms with Crippen molar-refractivity contribution in [2.45, 2.75) is 37.6 Å². The highest BCUT2D eigenvalue weighted by Gasteiger charge is 2.41. The fraction of sp³-hybridized carbons (Fsp3) is 0.778. The van der Waals surface area contributed by atoms with Gasteiger partial charge in [0.2, 0.25) is 0 Å². The Kier molecular flexibility index (Phi) is 3.09. The van der Waals surface area contributed by atoms with Gasteiger partial charge in [0.15, 0.2) is 0 Å². The van der Waals surface area contributed by atoms with Crippen molar-refractivity contribution in [2.75, 3.05) is 6.54 Å². The minimum absolute atomic E-state index is 0. The van der Waals surface area contributed by atoms with Crippen LogP contribution in [0, 0.1) is 0 Å². The number of carbonyl (C=O) groups is 2. The first-order valence-electron chi connectivity index (χ1n) is 4.49. The molecular formula is C9H14ClNO2. The summed E-state index contributed by atoms with van der Waals surface area (Å²) in [4.78, 5) is 22.3. The van der Waals surface area contributed by atoms with Gasteiger partial charge in [0.1, 0.15) is 11.6 Å². The van der Waals surface area contributed by atoms with E-state index in [1.807, 2.05) is 0 Å². The number of hydrogen-bond acceptors (Lipinski definition) is 3. The summed E-state index contributed by atoms with van der Waals surface area (Å²) in [5.41, 5.74) is -0.133. The second kappa shape index (κ2) is 3.76. The van der Waals surface area contributed by atoms with Crippen molar-refractivity contribution in [1.82, 2.24) is 5.32 Å². The fourth-order valence-electron chi connectivity index (χ4n) is 2.33. The highest BCUT2D eigenvalue weighted by atomic mass is 35.5. The van der Waals surface area contributed by atoms with E-state index in [-0.39, 0.29) is 35.9 Å². The van der Waals surface area contributed by atoms with Gasteiger partial charge in [-0.2, -0.15) is 0 Å². The normalized spacial score (nSPS) is 26.2. The van der Waals surface area contributed by atoms with Crippen molar-refractivity contribution in [1.29, 1.82) is 0 Å². The highest BCUT2D eigenvalue weighted by Crippen LogP contribution is 2.31. The maximum atomic E-state index is 11.2. The molecule has 1 spiro atoms. The molecule has 3 nitrogen and oxygen atoms in total. The fourth-order valence-corrected chi connectivity index (χ4v) is 2.33. The number of Topliss-reactive ketones (excluding diaryl/α,β-unsaturated/α-hetero) is 2. The van der Waals surface area contributed by atoms with Crippen LogP contribution < -0.4 is 5.32 Å². The number of hydrogen-bond donors (Lipinski definition) is 1. The molecule has 0 aromatic heterocycles. The predicted octanol–water partition coefficient (Wildman–Crippen LogP) is 0.852. The summed E-state index contributed by atoms with van der Waals surface area (Å²) >= 11 is 0. The second-order valence-corrected chi connectivity index (χ2v) is 3.92. The highest BCUT2D eigenvalue weighted by molar-refractivity contribution is 6.02. The lowest BCUT2D eigenvalue weighted by Gasteiger charge is -2.31. The van der Waals surface area contributed by atoms with Gasteiger partial charge in [0.05, 0.1) is 6.42 Å². The third-order valence-corrected chi connectivity index (χ3v) is 2.80. The molecule has 0 aromatic rings. The predicted molar refractivity (Wildman–Crippen MR) is 51.1 cm³/mol. The van der Waals surface area contributed by atoms with Gasteiger partial charge in [0, 0.05) is 18.4 Å². The van der Waals surface area contributed by atoms with Gasteiger partial charge in [-0.15, -0.1) is 12.4 Å². The van der Waals surface area contributed by atoms with Crippen LogP contribution in [0.1, 0.15) is 32.1 Å². The molecule has 0 aromatic carbocycles. The smallest absolute Gasteiger partial charge is 0.142 e. The van der Waals surface area contributed by atoms with Crippen LogP contribution in [0.25, 0.3) is 0 Å². The first kappa shape index (κ1) is 10.7. The SMILES string of the molecule is Cl.O=C1CC(=O)CC2(CCCN2)C1. The van der Waals surface area contributed by atoms with E-state index in [2.05, 4.69) is 5.32 Å². The molecule has 1 saturated carbocycles. The molecule has 13 heavy (non-hydrogen) atoms. The molecule has 1 N–H and O–H groups in total. The first-order valence-corrected chi connectivity index (χ1v) is 4.49. The Morgan fingerprint density at radius 2 is 1.77 bits per heavy atom. The van der Waals surface area contributed by atoms with Crippen molar-refractivity contribution in [2.24, 2.45) is 0 Å². The maximum Gasteiger partial charge on any atom is 0.142 e. The van der Waals surface area contributed by atoms with Gasteiger partial charge in [-0.25, -0.2) is 0 Å². The Bertz CT molecular complexity index is 216. The third kappa shape index (κ3) is 2.09. The van der Waals surface area contributed by atoms with Crippen molar-refractivity contribution in [3.8, 4) is 0 Å². The molecule has 2 rings (SSSR count). The average Bonchev–Trinajstić information content (AvgIpc) is 2.33. The van der Waals surface area contributed by atoms with Crippen LogP contribution >= 0.6 is 12.4 Å². The minimum Gasteiger partial charge on any atom is -0.310 e. The van der Waals surface area contributed by atoms with Crippen LogP contribution in [0.3, 0.4) is 0 Å². The molecule has 1 aliphatic carbocycles. The van der Waals surface area contributed by atoms with Crippen molar-refractivity contribution in [3.63, 3.8) is 0 Å².